The number of fused-ring (bicyclic) bond motifs is 11. The number of furan rings is 1. The summed E-state index contributed by atoms with van der Waals surface area (Å²) in [6.07, 6.45) is 9.19. The molecule has 474 valence electrons. The third kappa shape index (κ3) is 9.23. The van der Waals surface area contributed by atoms with Gasteiger partial charge in [0.1, 0.15) is 11.2 Å². The summed E-state index contributed by atoms with van der Waals surface area (Å²) in [5, 5.41) is 2.43. The van der Waals surface area contributed by atoms with E-state index in [1.807, 2.05) is 0 Å². The van der Waals surface area contributed by atoms with E-state index < -0.39 is 0 Å². The molecule has 3 heterocycles. The van der Waals surface area contributed by atoms with Gasteiger partial charge in [0.05, 0.1) is 5.69 Å². The Morgan fingerprint density at radius 1 is 0.348 bits per heavy atom. The van der Waals surface area contributed by atoms with Crippen LogP contribution in [0.15, 0.2) is 132 Å². The van der Waals surface area contributed by atoms with Crippen molar-refractivity contribution in [1.29, 1.82) is 0 Å². The molecule has 9 aromatic rings. The second-order valence-corrected chi connectivity index (χ2v) is 35.7. The molecule has 0 bridgehead atoms. The molecule has 0 N–H and O–H groups in total. The van der Waals surface area contributed by atoms with Crippen LogP contribution < -0.4 is 31.1 Å². The topological polar surface area (TPSA) is 22.9 Å². The second-order valence-electron chi connectivity index (χ2n) is 35.7. The molecule has 4 nitrogen and oxygen atoms in total. The molecule has 0 spiro atoms. The van der Waals surface area contributed by atoms with Gasteiger partial charge in [-0.25, -0.2) is 0 Å². The van der Waals surface area contributed by atoms with Crippen molar-refractivity contribution in [3.8, 4) is 0 Å². The van der Waals surface area contributed by atoms with Crippen molar-refractivity contribution in [2.24, 2.45) is 0 Å². The van der Waals surface area contributed by atoms with Crippen LogP contribution in [-0.2, 0) is 43.3 Å². The fraction of sp³-hybridized carbons (Fsp3) is 0.448. The van der Waals surface area contributed by atoms with Crippen LogP contribution in [0.5, 0.6) is 0 Å². The Morgan fingerprint density at radius 3 is 1.23 bits per heavy atom. The SMILES string of the molecule is Cc1cc2c(cc1N1c3cc4oc5cc6c(cc5c4cc3B3c4cc5c(cc4N(c4ccc7c(c4)C(C)(C)CCC7(C)C)c4cc(N(c7ccc(C(C)C)cc7)c7ccc(C(C)C)cc7)cc1c43)C(C)(C)CCC5(C)C)C(C)(C)CCC6(C)C)C(C)(C)CCC2(C)C. The Balaban J connectivity index is 1.12. The first kappa shape index (κ1) is 61.2. The van der Waals surface area contributed by atoms with Crippen LogP contribution in [0.25, 0.3) is 21.9 Å². The predicted molar refractivity (Wildman–Crippen MR) is 396 cm³/mol. The highest BCUT2D eigenvalue weighted by Crippen LogP contribution is 2.57. The number of anilines is 9. The Morgan fingerprint density at radius 2 is 0.728 bits per heavy atom. The fourth-order valence-corrected chi connectivity index (χ4v) is 18.2. The summed E-state index contributed by atoms with van der Waals surface area (Å²) >= 11 is 0. The predicted octanol–water partition coefficient (Wildman–Crippen LogP) is 23.1. The second kappa shape index (κ2) is 20.0. The molecule has 92 heavy (non-hydrogen) atoms. The van der Waals surface area contributed by atoms with Gasteiger partial charge in [-0.1, -0.05) is 187 Å². The first-order chi connectivity index (χ1) is 43.1. The fourth-order valence-electron chi connectivity index (χ4n) is 18.2. The zero-order valence-electron chi connectivity index (χ0n) is 59.8. The Bertz CT molecular complexity index is 4500. The van der Waals surface area contributed by atoms with Crippen LogP contribution in [0, 0.1) is 6.92 Å². The molecule has 6 aliphatic rings. The highest BCUT2D eigenvalue weighted by molar-refractivity contribution is 7.00. The molecule has 0 radical (unpaired) electrons. The summed E-state index contributed by atoms with van der Waals surface area (Å²) in [5.41, 5.74) is 32.7. The van der Waals surface area contributed by atoms with Crippen molar-refractivity contribution in [3.05, 3.63) is 189 Å². The minimum atomic E-state index is -0.120. The van der Waals surface area contributed by atoms with Gasteiger partial charge in [-0.3, -0.25) is 0 Å². The molecular weight excluding hydrogens is 1110 g/mol. The van der Waals surface area contributed by atoms with Crippen LogP contribution in [0.1, 0.15) is 263 Å². The number of aryl methyl sites for hydroxylation is 1. The molecule has 5 heteroatoms. The number of nitrogens with zero attached hydrogens (tertiary/aromatic N) is 3. The first-order valence-corrected chi connectivity index (χ1v) is 35.4. The maximum atomic E-state index is 7.44. The standard InChI is InChI=1S/C87H102BN3O/c1-51(2)54-22-26-56(27-23-54)89(57-28-24-55(25-29-57)52(3)4)59-42-75-79-76(43-59)91(72-47-67-63(40-53(72)5)81(8,9)34-37-85(67,16)17)74-50-78-61(60-44-65-69(49-77(60)92-78)87(20,21)39-35-83(65,12)13)45-70(74)88(79)71-46-66-68(86(18,19)38-36-84(66,14)15)48-73(71)90(75)58-30-31-62-64(41-58)82(10,11)33-32-80(62,6)7/h22-31,40-52H,32-39H2,1-21H3. The smallest absolute Gasteiger partial charge is 0.252 e. The van der Waals surface area contributed by atoms with Crippen LogP contribution in [0.2, 0.25) is 0 Å². The highest BCUT2D eigenvalue weighted by atomic mass is 16.3. The highest BCUT2D eigenvalue weighted by Gasteiger charge is 2.50. The molecule has 0 saturated carbocycles. The summed E-state index contributed by atoms with van der Waals surface area (Å²) < 4.78 is 7.44. The average Bonchev–Trinajstić information content (AvgIpc) is 0.944. The van der Waals surface area contributed by atoms with E-state index in [9.17, 15) is 0 Å². The number of hydrogen-bond acceptors (Lipinski definition) is 4. The number of rotatable bonds is 7. The molecular formula is C87H102BN3O. The zero-order chi connectivity index (χ0) is 65.3. The maximum absolute atomic E-state index is 7.44. The monoisotopic (exact) mass is 1220 g/mol. The summed E-state index contributed by atoms with van der Waals surface area (Å²) in [7, 11) is 0. The number of benzene rings is 8. The van der Waals surface area contributed by atoms with E-state index >= 15 is 0 Å². The van der Waals surface area contributed by atoms with Gasteiger partial charge in [0.2, 0.25) is 0 Å². The molecule has 0 amide bonds. The van der Waals surface area contributed by atoms with Crippen molar-refractivity contribution < 1.29 is 4.42 Å². The zero-order valence-corrected chi connectivity index (χ0v) is 59.8. The van der Waals surface area contributed by atoms with E-state index in [4.69, 9.17) is 4.42 Å². The first-order valence-electron chi connectivity index (χ1n) is 35.4. The minimum Gasteiger partial charge on any atom is -0.456 e. The van der Waals surface area contributed by atoms with Crippen molar-refractivity contribution in [3.63, 3.8) is 0 Å². The average molecular weight is 1220 g/mol. The van der Waals surface area contributed by atoms with Gasteiger partial charge in [0.15, 0.2) is 0 Å². The summed E-state index contributed by atoms with van der Waals surface area (Å²) in [5.74, 6) is 0.808. The maximum Gasteiger partial charge on any atom is 0.252 e. The van der Waals surface area contributed by atoms with Gasteiger partial charge in [-0.05, 0) is 264 Å². The van der Waals surface area contributed by atoms with E-state index in [0.29, 0.717) is 11.8 Å². The third-order valence-corrected chi connectivity index (χ3v) is 25.0. The normalized spacial score (nSPS) is 20.3. The Kier molecular flexibility index (Phi) is 13.3. The third-order valence-electron chi connectivity index (χ3n) is 25.0. The van der Waals surface area contributed by atoms with Crippen LogP contribution in [0.4, 0.5) is 51.2 Å². The van der Waals surface area contributed by atoms with Gasteiger partial charge in [0.25, 0.3) is 6.71 Å². The lowest BCUT2D eigenvalue weighted by molar-refractivity contribution is 0.332. The molecule has 0 atom stereocenters. The van der Waals surface area contributed by atoms with Gasteiger partial charge >= 0.3 is 0 Å². The largest absolute Gasteiger partial charge is 0.456 e. The van der Waals surface area contributed by atoms with Crippen molar-refractivity contribution in [2.75, 3.05) is 14.7 Å². The van der Waals surface area contributed by atoms with Crippen molar-refractivity contribution >= 4 is 96.2 Å². The lowest BCUT2D eigenvalue weighted by atomic mass is 9.33. The molecule has 0 unspecified atom stereocenters. The van der Waals surface area contributed by atoms with E-state index in [1.54, 1.807) is 0 Å². The van der Waals surface area contributed by atoms with E-state index in [-0.39, 0.29) is 50.0 Å². The number of hydrogen-bond donors (Lipinski definition) is 0. The lowest BCUT2D eigenvalue weighted by Crippen LogP contribution is -2.62. The van der Waals surface area contributed by atoms with E-state index in [1.165, 1.54) is 129 Å². The molecule has 8 aromatic carbocycles. The molecule has 15 rings (SSSR count). The Labute approximate surface area is 552 Å². The quantitative estimate of drug-likeness (QED) is 0.148. The van der Waals surface area contributed by atoms with Crippen LogP contribution in [0.3, 0.4) is 0 Å². The van der Waals surface area contributed by atoms with Crippen molar-refractivity contribution in [1.82, 2.24) is 0 Å². The summed E-state index contributed by atoms with van der Waals surface area (Å²) in [6.45, 7) is 51.3. The molecule has 1 aromatic heterocycles. The Hall–Kier alpha value is -6.98. The van der Waals surface area contributed by atoms with E-state index in [0.717, 1.165) is 73.2 Å². The molecule has 0 fully saturated rings. The van der Waals surface area contributed by atoms with Gasteiger partial charge in [-0.15, -0.1) is 0 Å². The van der Waals surface area contributed by atoms with E-state index in [2.05, 4.69) is 287 Å². The van der Waals surface area contributed by atoms with Gasteiger partial charge < -0.3 is 19.1 Å². The summed E-state index contributed by atoms with van der Waals surface area (Å²) in [6, 6.07) is 52.6. The lowest BCUT2D eigenvalue weighted by Gasteiger charge is -2.48. The summed E-state index contributed by atoms with van der Waals surface area (Å²) in [4.78, 5) is 8.07. The molecule has 2 aliphatic heterocycles. The van der Waals surface area contributed by atoms with Crippen LogP contribution in [-0.4, -0.2) is 6.71 Å². The van der Waals surface area contributed by atoms with Crippen molar-refractivity contribution in [2.45, 2.75) is 252 Å². The van der Waals surface area contributed by atoms with Gasteiger partial charge in [0, 0.05) is 62.3 Å². The van der Waals surface area contributed by atoms with Gasteiger partial charge in [-0.2, -0.15) is 0 Å². The van der Waals surface area contributed by atoms with Crippen LogP contribution >= 0.6 is 0 Å². The molecule has 4 aliphatic carbocycles. The minimum absolute atomic E-state index is 0.00271. The molecule has 0 saturated heterocycles.